The van der Waals surface area contributed by atoms with Gasteiger partial charge in [0.2, 0.25) is 21.8 Å². The van der Waals surface area contributed by atoms with Crippen molar-refractivity contribution in [3.05, 3.63) is 64.4 Å². The van der Waals surface area contributed by atoms with Crippen LogP contribution in [0.5, 0.6) is 0 Å². The summed E-state index contributed by atoms with van der Waals surface area (Å²) in [5.74, 6) is -1.20. The number of rotatable bonds is 12. The Balaban J connectivity index is 2.16. The number of amides is 2. The zero-order valence-corrected chi connectivity index (χ0v) is 22.0. The molecule has 0 fully saturated rings. The van der Waals surface area contributed by atoms with Crippen LogP contribution in [0.2, 0.25) is 0 Å². The lowest BCUT2D eigenvalue weighted by Gasteiger charge is -2.29. The normalized spacial score (nSPS) is 12.1. The van der Waals surface area contributed by atoms with E-state index >= 15 is 0 Å². The molecule has 186 valence electrons. The Hall–Kier alpha value is -2.46. The predicted molar refractivity (Wildman–Crippen MR) is 135 cm³/mol. The summed E-state index contributed by atoms with van der Waals surface area (Å²) < 4.78 is 40.6. The van der Waals surface area contributed by atoms with Crippen LogP contribution in [0, 0.1) is 5.82 Å². The largest absolute Gasteiger partial charge is 0.354 e. The molecule has 1 N–H and O–H groups in total. The van der Waals surface area contributed by atoms with Crippen LogP contribution < -0.4 is 9.62 Å². The zero-order valence-electron chi connectivity index (χ0n) is 19.6. The van der Waals surface area contributed by atoms with Crippen LogP contribution in [0.4, 0.5) is 10.1 Å². The molecule has 0 aliphatic rings. The van der Waals surface area contributed by atoms with Crippen molar-refractivity contribution in [2.45, 2.75) is 45.7 Å². The Kier molecular flexibility index (Phi) is 10.5. The predicted octanol–water partition coefficient (Wildman–Crippen LogP) is 4.08. The number of hydrogen-bond acceptors (Lipinski definition) is 4. The summed E-state index contributed by atoms with van der Waals surface area (Å²) in [6.45, 7) is 4.28. The number of sulfonamides is 1. The first-order valence-electron chi connectivity index (χ1n) is 11.1. The molecule has 2 rings (SSSR count). The number of benzene rings is 2. The van der Waals surface area contributed by atoms with E-state index in [2.05, 4.69) is 21.2 Å². The molecule has 2 amide bonds. The van der Waals surface area contributed by atoms with Crippen LogP contribution in [0.25, 0.3) is 0 Å². The minimum atomic E-state index is -3.75. The van der Waals surface area contributed by atoms with Crippen molar-refractivity contribution in [3.63, 3.8) is 0 Å². The van der Waals surface area contributed by atoms with E-state index in [0.717, 1.165) is 27.0 Å². The molecule has 0 aromatic heterocycles. The molecule has 0 spiro atoms. The standard InChI is InChI=1S/C24H31BrFN3O4S/c1-4-14-27-24(31)18(2)28(17-19-9-7-10-20(25)16-19)23(30)13-8-15-29(34(3,32)33)22-12-6-5-11-21(22)26/h5-7,9-12,16,18H,4,8,13-15,17H2,1-3H3,(H,27,31). The Morgan fingerprint density at radius 2 is 1.85 bits per heavy atom. The van der Waals surface area contributed by atoms with Gasteiger partial charge in [-0.05, 0) is 49.6 Å². The highest BCUT2D eigenvalue weighted by Gasteiger charge is 2.27. The van der Waals surface area contributed by atoms with E-state index in [1.165, 1.54) is 23.1 Å². The van der Waals surface area contributed by atoms with Gasteiger partial charge in [0.05, 0.1) is 11.9 Å². The molecule has 0 radical (unpaired) electrons. The molecule has 2 aromatic rings. The number of halogens is 2. The van der Waals surface area contributed by atoms with Crippen LogP contribution in [0.1, 0.15) is 38.7 Å². The van der Waals surface area contributed by atoms with Gasteiger partial charge in [0.15, 0.2) is 0 Å². The number of nitrogens with zero attached hydrogens (tertiary/aromatic N) is 2. The summed E-state index contributed by atoms with van der Waals surface area (Å²) in [5, 5.41) is 2.82. The Morgan fingerprint density at radius 1 is 1.15 bits per heavy atom. The van der Waals surface area contributed by atoms with Crippen LogP contribution in [0.15, 0.2) is 53.0 Å². The first-order valence-corrected chi connectivity index (χ1v) is 13.7. The van der Waals surface area contributed by atoms with Crippen molar-refractivity contribution in [1.82, 2.24) is 10.2 Å². The summed E-state index contributed by atoms with van der Waals surface area (Å²) in [6.07, 6.45) is 1.94. The fourth-order valence-electron chi connectivity index (χ4n) is 3.45. The number of hydrogen-bond donors (Lipinski definition) is 1. The molecule has 0 bridgehead atoms. The van der Waals surface area contributed by atoms with Gasteiger partial charge in [-0.1, -0.05) is 47.1 Å². The number of carbonyl (C=O) groups excluding carboxylic acids is 2. The fraction of sp³-hybridized carbons (Fsp3) is 0.417. The van der Waals surface area contributed by atoms with E-state index in [1.807, 2.05) is 31.2 Å². The summed E-state index contributed by atoms with van der Waals surface area (Å²) in [7, 11) is -3.75. The lowest BCUT2D eigenvalue weighted by Crippen LogP contribution is -2.47. The lowest BCUT2D eigenvalue weighted by molar-refractivity contribution is -0.140. The molecule has 10 heteroatoms. The van der Waals surface area contributed by atoms with Crippen LogP contribution in [-0.4, -0.2) is 50.5 Å². The van der Waals surface area contributed by atoms with E-state index in [1.54, 1.807) is 13.0 Å². The molecule has 0 aliphatic heterocycles. The molecular weight excluding hydrogens is 525 g/mol. The van der Waals surface area contributed by atoms with Crippen molar-refractivity contribution >= 4 is 43.5 Å². The third-order valence-electron chi connectivity index (χ3n) is 5.23. The maximum Gasteiger partial charge on any atom is 0.242 e. The molecule has 7 nitrogen and oxygen atoms in total. The molecule has 1 atom stereocenters. The second-order valence-corrected chi connectivity index (χ2v) is 10.8. The lowest BCUT2D eigenvalue weighted by atomic mass is 10.1. The summed E-state index contributed by atoms with van der Waals surface area (Å²) in [4.78, 5) is 27.3. The maximum atomic E-state index is 14.2. The zero-order chi connectivity index (χ0) is 25.3. The first kappa shape index (κ1) is 27.8. The Morgan fingerprint density at radius 3 is 2.47 bits per heavy atom. The summed E-state index contributed by atoms with van der Waals surface area (Å²) in [5.41, 5.74) is 0.790. The van der Waals surface area contributed by atoms with E-state index < -0.39 is 21.9 Å². The maximum absolute atomic E-state index is 14.2. The topological polar surface area (TPSA) is 86.8 Å². The quantitative estimate of drug-likeness (QED) is 0.427. The molecule has 0 saturated heterocycles. The molecule has 1 unspecified atom stereocenters. The van der Waals surface area contributed by atoms with Gasteiger partial charge in [0.25, 0.3) is 0 Å². The molecule has 0 aliphatic carbocycles. The van der Waals surface area contributed by atoms with Gasteiger partial charge in [-0.15, -0.1) is 0 Å². The van der Waals surface area contributed by atoms with Gasteiger partial charge in [-0.2, -0.15) is 0 Å². The van der Waals surface area contributed by atoms with Crippen molar-refractivity contribution in [3.8, 4) is 0 Å². The second-order valence-electron chi connectivity index (χ2n) is 8.01. The van der Waals surface area contributed by atoms with Crippen LogP contribution in [0.3, 0.4) is 0 Å². The second kappa shape index (κ2) is 12.9. The molecular formula is C24H31BrFN3O4S. The highest BCUT2D eigenvalue weighted by atomic mass is 79.9. The van der Waals surface area contributed by atoms with Crippen molar-refractivity contribution in [2.24, 2.45) is 0 Å². The number of anilines is 1. The number of carbonyl (C=O) groups is 2. The number of nitrogens with one attached hydrogen (secondary N) is 1. The van der Waals surface area contributed by atoms with Gasteiger partial charge in [-0.25, -0.2) is 12.8 Å². The van der Waals surface area contributed by atoms with Gasteiger partial charge in [0.1, 0.15) is 11.9 Å². The van der Waals surface area contributed by atoms with E-state index in [-0.39, 0.29) is 43.4 Å². The molecule has 34 heavy (non-hydrogen) atoms. The van der Waals surface area contributed by atoms with Crippen LogP contribution >= 0.6 is 15.9 Å². The fourth-order valence-corrected chi connectivity index (χ4v) is 4.86. The molecule has 0 saturated carbocycles. The van der Waals surface area contributed by atoms with Gasteiger partial charge in [-0.3, -0.25) is 13.9 Å². The summed E-state index contributed by atoms with van der Waals surface area (Å²) in [6, 6.07) is 12.4. The monoisotopic (exact) mass is 555 g/mol. The van der Waals surface area contributed by atoms with E-state index in [0.29, 0.717) is 6.54 Å². The minimum Gasteiger partial charge on any atom is -0.354 e. The van der Waals surface area contributed by atoms with Crippen LogP contribution in [-0.2, 0) is 26.2 Å². The van der Waals surface area contributed by atoms with Crippen molar-refractivity contribution in [2.75, 3.05) is 23.7 Å². The van der Waals surface area contributed by atoms with Gasteiger partial charge >= 0.3 is 0 Å². The van der Waals surface area contributed by atoms with E-state index in [9.17, 15) is 22.4 Å². The molecule has 0 heterocycles. The third-order valence-corrected chi connectivity index (χ3v) is 6.90. The minimum absolute atomic E-state index is 0.000125. The van der Waals surface area contributed by atoms with Crippen molar-refractivity contribution in [1.29, 1.82) is 0 Å². The number of para-hydroxylation sites is 1. The highest BCUT2D eigenvalue weighted by molar-refractivity contribution is 9.10. The Labute approximate surface area is 209 Å². The first-order chi connectivity index (χ1) is 16.0. The highest BCUT2D eigenvalue weighted by Crippen LogP contribution is 2.22. The smallest absolute Gasteiger partial charge is 0.242 e. The average Bonchev–Trinajstić information content (AvgIpc) is 2.78. The average molecular weight is 556 g/mol. The van der Waals surface area contributed by atoms with Gasteiger partial charge < -0.3 is 10.2 Å². The SMILES string of the molecule is CCCNC(=O)C(C)N(Cc1cccc(Br)c1)C(=O)CCCN(c1ccccc1F)S(C)(=O)=O. The van der Waals surface area contributed by atoms with E-state index in [4.69, 9.17) is 0 Å². The molecule has 2 aromatic carbocycles. The van der Waals surface area contributed by atoms with Crippen molar-refractivity contribution < 1.29 is 22.4 Å². The Bertz CT molecular complexity index is 1100. The van der Waals surface area contributed by atoms with Gasteiger partial charge in [0, 0.05) is 30.5 Å². The summed E-state index contributed by atoms with van der Waals surface area (Å²) >= 11 is 3.42. The third kappa shape index (κ3) is 8.09.